The summed E-state index contributed by atoms with van der Waals surface area (Å²) in [5, 5.41) is 10.4. The SMILES string of the molecule is CONc1ccc([N+](=O)[O-])c(C(F)(F)F)c1. The van der Waals surface area contributed by atoms with Gasteiger partial charge in [-0.3, -0.25) is 20.4 Å². The molecule has 0 amide bonds. The monoisotopic (exact) mass is 236 g/mol. The number of halogens is 3. The molecular weight excluding hydrogens is 229 g/mol. The molecule has 0 aliphatic rings. The molecule has 8 heteroatoms. The van der Waals surface area contributed by atoms with Crippen LogP contribution in [0.1, 0.15) is 5.56 Å². The molecule has 0 radical (unpaired) electrons. The van der Waals surface area contributed by atoms with Gasteiger partial charge < -0.3 is 0 Å². The molecule has 1 rings (SSSR count). The van der Waals surface area contributed by atoms with E-state index in [0.717, 1.165) is 12.1 Å². The lowest BCUT2D eigenvalue weighted by molar-refractivity contribution is -0.388. The number of nitrogens with one attached hydrogen (secondary N) is 1. The Morgan fingerprint density at radius 3 is 2.50 bits per heavy atom. The maximum atomic E-state index is 12.5. The average Bonchev–Trinajstić information content (AvgIpc) is 2.16. The zero-order valence-electron chi connectivity index (χ0n) is 8.04. The third-order valence-electron chi connectivity index (χ3n) is 1.72. The van der Waals surface area contributed by atoms with Gasteiger partial charge in [0.1, 0.15) is 5.56 Å². The molecule has 0 unspecified atom stereocenters. The smallest absolute Gasteiger partial charge is 0.279 e. The van der Waals surface area contributed by atoms with E-state index in [-0.39, 0.29) is 5.69 Å². The second-order valence-electron chi connectivity index (χ2n) is 2.79. The van der Waals surface area contributed by atoms with Gasteiger partial charge in [0.15, 0.2) is 0 Å². The third-order valence-corrected chi connectivity index (χ3v) is 1.72. The molecule has 0 saturated heterocycles. The van der Waals surface area contributed by atoms with Crippen LogP contribution in [0.5, 0.6) is 0 Å². The standard InChI is InChI=1S/C8H7F3N2O3/c1-16-12-5-2-3-7(13(14)15)6(4-5)8(9,10)11/h2-4,12H,1H3. The highest BCUT2D eigenvalue weighted by atomic mass is 19.4. The lowest BCUT2D eigenvalue weighted by atomic mass is 10.1. The first kappa shape index (κ1) is 12.2. The van der Waals surface area contributed by atoms with E-state index in [4.69, 9.17) is 0 Å². The molecule has 5 nitrogen and oxygen atoms in total. The van der Waals surface area contributed by atoms with Gasteiger partial charge in [-0.15, -0.1) is 0 Å². The van der Waals surface area contributed by atoms with Gasteiger partial charge in [-0.2, -0.15) is 13.2 Å². The van der Waals surface area contributed by atoms with Gasteiger partial charge in [0.25, 0.3) is 5.69 Å². The van der Waals surface area contributed by atoms with Gasteiger partial charge in [0.2, 0.25) is 0 Å². The Bertz CT molecular complexity index is 406. The van der Waals surface area contributed by atoms with Crippen LogP contribution < -0.4 is 5.48 Å². The number of alkyl halides is 3. The summed E-state index contributed by atoms with van der Waals surface area (Å²) in [6.45, 7) is 0. The van der Waals surface area contributed by atoms with E-state index in [2.05, 4.69) is 10.3 Å². The maximum Gasteiger partial charge on any atom is 0.423 e. The van der Waals surface area contributed by atoms with Crippen molar-refractivity contribution in [1.82, 2.24) is 0 Å². The highest BCUT2D eigenvalue weighted by Crippen LogP contribution is 2.37. The van der Waals surface area contributed by atoms with Crippen molar-refractivity contribution in [2.75, 3.05) is 12.6 Å². The predicted molar refractivity (Wildman–Crippen MR) is 48.7 cm³/mol. The largest absolute Gasteiger partial charge is 0.423 e. The molecule has 0 spiro atoms. The van der Waals surface area contributed by atoms with Crippen LogP contribution in [-0.2, 0) is 11.0 Å². The molecule has 0 bridgehead atoms. The summed E-state index contributed by atoms with van der Waals surface area (Å²) in [6.07, 6.45) is -4.78. The lowest BCUT2D eigenvalue weighted by Gasteiger charge is -2.09. The normalized spacial score (nSPS) is 11.2. The Hall–Kier alpha value is -1.83. The topological polar surface area (TPSA) is 64.4 Å². The lowest BCUT2D eigenvalue weighted by Crippen LogP contribution is -2.10. The molecule has 16 heavy (non-hydrogen) atoms. The molecule has 0 saturated carbocycles. The van der Waals surface area contributed by atoms with E-state index >= 15 is 0 Å². The number of anilines is 1. The van der Waals surface area contributed by atoms with E-state index < -0.39 is 22.4 Å². The Balaban J connectivity index is 3.27. The number of nitro groups is 1. The zero-order valence-corrected chi connectivity index (χ0v) is 8.04. The number of hydrogen-bond donors (Lipinski definition) is 1. The summed E-state index contributed by atoms with van der Waals surface area (Å²) in [7, 11) is 1.22. The van der Waals surface area contributed by atoms with Gasteiger partial charge in [-0.1, -0.05) is 0 Å². The second-order valence-corrected chi connectivity index (χ2v) is 2.79. The Morgan fingerprint density at radius 2 is 2.06 bits per heavy atom. The van der Waals surface area contributed by atoms with Crippen molar-refractivity contribution in [3.8, 4) is 0 Å². The molecule has 1 aromatic carbocycles. The number of hydrogen-bond acceptors (Lipinski definition) is 4. The Morgan fingerprint density at radius 1 is 1.44 bits per heavy atom. The minimum Gasteiger partial charge on any atom is -0.279 e. The van der Waals surface area contributed by atoms with Crippen LogP contribution in [0.4, 0.5) is 24.5 Å². The van der Waals surface area contributed by atoms with Gasteiger partial charge in [0, 0.05) is 6.07 Å². The molecular formula is C8H7F3N2O3. The van der Waals surface area contributed by atoms with Crippen LogP contribution in [0.3, 0.4) is 0 Å². The van der Waals surface area contributed by atoms with E-state index in [9.17, 15) is 23.3 Å². The first-order valence-corrected chi connectivity index (χ1v) is 4.01. The number of nitro benzene ring substituents is 1. The van der Waals surface area contributed by atoms with Crippen molar-refractivity contribution >= 4 is 11.4 Å². The van der Waals surface area contributed by atoms with Gasteiger partial charge in [0.05, 0.1) is 17.7 Å². The van der Waals surface area contributed by atoms with Crippen LogP contribution in [0.15, 0.2) is 18.2 Å². The maximum absolute atomic E-state index is 12.5. The van der Waals surface area contributed by atoms with Gasteiger partial charge in [-0.25, -0.2) is 0 Å². The Kier molecular flexibility index (Phi) is 3.33. The van der Waals surface area contributed by atoms with E-state index in [1.54, 1.807) is 0 Å². The highest BCUT2D eigenvalue weighted by molar-refractivity contribution is 5.54. The Labute approximate surface area is 87.9 Å². The number of rotatable bonds is 3. The molecule has 0 atom stereocenters. The fraction of sp³-hybridized carbons (Fsp3) is 0.250. The van der Waals surface area contributed by atoms with Crippen LogP contribution in [0.2, 0.25) is 0 Å². The van der Waals surface area contributed by atoms with E-state index in [1.165, 1.54) is 7.11 Å². The van der Waals surface area contributed by atoms with Crippen molar-refractivity contribution in [3.05, 3.63) is 33.9 Å². The third kappa shape index (κ3) is 2.60. The van der Waals surface area contributed by atoms with Crippen LogP contribution in [0, 0.1) is 10.1 Å². The fourth-order valence-corrected chi connectivity index (χ4v) is 1.10. The van der Waals surface area contributed by atoms with Gasteiger partial charge >= 0.3 is 6.18 Å². The van der Waals surface area contributed by atoms with Crippen molar-refractivity contribution in [2.45, 2.75) is 6.18 Å². The number of benzene rings is 1. The molecule has 0 heterocycles. The summed E-state index contributed by atoms with van der Waals surface area (Å²) < 4.78 is 37.4. The zero-order chi connectivity index (χ0) is 12.3. The van der Waals surface area contributed by atoms with Crippen LogP contribution in [-0.4, -0.2) is 12.0 Å². The molecule has 1 N–H and O–H groups in total. The first-order chi connectivity index (χ1) is 7.36. The summed E-state index contributed by atoms with van der Waals surface area (Å²) in [5.74, 6) is 0. The van der Waals surface area contributed by atoms with Gasteiger partial charge in [-0.05, 0) is 12.1 Å². The summed E-state index contributed by atoms with van der Waals surface area (Å²) in [4.78, 5) is 13.7. The van der Waals surface area contributed by atoms with Crippen molar-refractivity contribution in [3.63, 3.8) is 0 Å². The summed E-state index contributed by atoms with van der Waals surface area (Å²) in [5.41, 5.74) is -0.161. The highest BCUT2D eigenvalue weighted by Gasteiger charge is 2.38. The minimum atomic E-state index is -4.78. The van der Waals surface area contributed by atoms with Crippen LogP contribution in [0.25, 0.3) is 0 Å². The summed E-state index contributed by atoms with van der Waals surface area (Å²) >= 11 is 0. The minimum absolute atomic E-state index is 0.0135. The number of nitrogens with zero attached hydrogens (tertiary/aromatic N) is 1. The van der Waals surface area contributed by atoms with Crippen molar-refractivity contribution in [1.29, 1.82) is 0 Å². The average molecular weight is 236 g/mol. The van der Waals surface area contributed by atoms with Crippen molar-refractivity contribution in [2.24, 2.45) is 0 Å². The molecule has 0 fully saturated rings. The van der Waals surface area contributed by atoms with Crippen LogP contribution >= 0.6 is 0 Å². The first-order valence-electron chi connectivity index (χ1n) is 4.01. The van der Waals surface area contributed by atoms with E-state index in [0.29, 0.717) is 6.07 Å². The van der Waals surface area contributed by atoms with Crippen molar-refractivity contribution < 1.29 is 22.9 Å². The second kappa shape index (κ2) is 4.35. The molecule has 0 aliphatic heterocycles. The molecule has 0 aliphatic carbocycles. The fourth-order valence-electron chi connectivity index (χ4n) is 1.10. The molecule has 88 valence electrons. The quantitative estimate of drug-likeness (QED) is 0.647. The molecule has 0 aromatic heterocycles. The predicted octanol–water partition coefficient (Wildman–Crippen LogP) is 2.59. The van der Waals surface area contributed by atoms with E-state index in [1.807, 2.05) is 0 Å². The molecule has 1 aromatic rings. The summed E-state index contributed by atoms with van der Waals surface area (Å²) in [6, 6.07) is 2.50.